The normalized spacial score (nSPS) is 10.9. The van der Waals surface area contributed by atoms with Crippen LogP contribution in [0.25, 0.3) is 22.5 Å². The average Bonchev–Trinajstić information content (AvgIpc) is 3.29. The van der Waals surface area contributed by atoms with E-state index in [-0.39, 0.29) is 17.1 Å². The molecule has 146 valence electrons. The summed E-state index contributed by atoms with van der Waals surface area (Å²) in [5.74, 6) is -0.454. The second-order valence-electron chi connectivity index (χ2n) is 6.06. The van der Waals surface area contributed by atoms with Crippen LogP contribution < -0.4 is 5.32 Å². The Hall–Kier alpha value is -2.74. The molecule has 0 bridgehead atoms. The van der Waals surface area contributed by atoms with E-state index in [9.17, 15) is 9.18 Å². The fraction of sp³-hybridized carbons (Fsp3) is 0.0500. The van der Waals surface area contributed by atoms with Crippen molar-refractivity contribution in [1.82, 2.24) is 10.1 Å². The van der Waals surface area contributed by atoms with Crippen molar-refractivity contribution < 1.29 is 13.7 Å². The van der Waals surface area contributed by atoms with Crippen molar-refractivity contribution in [2.24, 2.45) is 0 Å². The number of nitrogens with one attached hydrogen (secondary N) is 1. The highest BCUT2D eigenvalue weighted by atomic mass is 35.5. The summed E-state index contributed by atoms with van der Waals surface area (Å²) in [6, 6.07) is 11.0. The van der Waals surface area contributed by atoms with E-state index in [1.165, 1.54) is 23.5 Å². The van der Waals surface area contributed by atoms with Crippen LogP contribution in [-0.2, 0) is 0 Å². The molecule has 0 saturated heterocycles. The molecule has 0 saturated carbocycles. The van der Waals surface area contributed by atoms with Crippen molar-refractivity contribution in [3.05, 3.63) is 75.0 Å². The van der Waals surface area contributed by atoms with Gasteiger partial charge in [0.25, 0.3) is 5.91 Å². The van der Waals surface area contributed by atoms with Crippen LogP contribution in [0.4, 0.5) is 9.52 Å². The molecule has 0 aliphatic carbocycles. The summed E-state index contributed by atoms with van der Waals surface area (Å²) < 4.78 is 18.3. The first-order chi connectivity index (χ1) is 13.9. The molecular formula is C20H12Cl2FN3O2S. The second kappa shape index (κ2) is 7.94. The lowest BCUT2D eigenvalue weighted by Gasteiger charge is -2.06. The maximum atomic E-state index is 13.1. The number of thiazole rings is 1. The first-order valence-electron chi connectivity index (χ1n) is 8.37. The van der Waals surface area contributed by atoms with Crippen molar-refractivity contribution in [3.63, 3.8) is 0 Å². The molecule has 9 heteroatoms. The van der Waals surface area contributed by atoms with Crippen LogP contribution in [0.5, 0.6) is 0 Å². The number of benzene rings is 2. The predicted molar refractivity (Wildman–Crippen MR) is 112 cm³/mol. The van der Waals surface area contributed by atoms with E-state index in [2.05, 4.69) is 15.5 Å². The van der Waals surface area contributed by atoms with Crippen molar-refractivity contribution in [3.8, 4) is 22.5 Å². The van der Waals surface area contributed by atoms with Gasteiger partial charge in [0.2, 0.25) is 0 Å². The number of hydrogen-bond acceptors (Lipinski definition) is 5. The number of aryl methyl sites for hydroxylation is 1. The number of carbonyl (C=O) groups is 1. The Balaban J connectivity index is 1.64. The molecule has 29 heavy (non-hydrogen) atoms. The number of hydrogen-bond donors (Lipinski definition) is 1. The third kappa shape index (κ3) is 3.89. The molecule has 2 aromatic heterocycles. The van der Waals surface area contributed by atoms with E-state index in [1.54, 1.807) is 42.6 Å². The largest absolute Gasteiger partial charge is 0.360 e. The van der Waals surface area contributed by atoms with Gasteiger partial charge in [-0.2, -0.15) is 0 Å². The number of halogens is 3. The van der Waals surface area contributed by atoms with Crippen molar-refractivity contribution in [2.45, 2.75) is 6.92 Å². The zero-order valence-corrected chi connectivity index (χ0v) is 17.2. The topological polar surface area (TPSA) is 68.0 Å². The van der Waals surface area contributed by atoms with Crippen LogP contribution in [0.3, 0.4) is 0 Å². The van der Waals surface area contributed by atoms with Gasteiger partial charge in [0.1, 0.15) is 22.8 Å². The smallest absolute Gasteiger partial charge is 0.263 e. The minimum atomic E-state index is -0.449. The predicted octanol–water partition coefficient (Wildman–Crippen LogP) is 6.47. The van der Waals surface area contributed by atoms with Gasteiger partial charge in [0.15, 0.2) is 5.13 Å². The highest BCUT2D eigenvalue weighted by Gasteiger charge is 2.25. The third-order valence-corrected chi connectivity index (χ3v) is 5.54. The zero-order valence-electron chi connectivity index (χ0n) is 14.9. The Morgan fingerprint density at radius 1 is 1.14 bits per heavy atom. The van der Waals surface area contributed by atoms with Crippen LogP contribution in [0.2, 0.25) is 10.0 Å². The van der Waals surface area contributed by atoms with Gasteiger partial charge in [0, 0.05) is 16.5 Å². The van der Waals surface area contributed by atoms with Crippen LogP contribution in [0.15, 0.2) is 52.4 Å². The van der Waals surface area contributed by atoms with Gasteiger partial charge in [-0.05, 0) is 43.3 Å². The number of amides is 1. The van der Waals surface area contributed by atoms with Gasteiger partial charge in [-0.3, -0.25) is 10.1 Å². The van der Waals surface area contributed by atoms with E-state index in [0.29, 0.717) is 32.2 Å². The Bertz CT molecular complexity index is 1180. The van der Waals surface area contributed by atoms with Gasteiger partial charge in [-0.1, -0.05) is 34.4 Å². The number of aromatic nitrogens is 2. The summed E-state index contributed by atoms with van der Waals surface area (Å²) in [5, 5.41) is 9.58. The van der Waals surface area contributed by atoms with Gasteiger partial charge >= 0.3 is 0 Å². The van der Waals surface area contributed by atoms with Crippen molar-refractivity contribution >= 4 is 45.6 Å². The molecule has 0 spiro atoms. The van der Waals surface area contributed by atoms with Crippen molar-refractivity contribution in [1.29, 1.82) is 0 Å². The van der Waals surface area contributed by atoms with Crippen LogP contribution >= 0.6 is 34.5 Å². The molecule has 0 aliphatic rings. The molecule has 0 fully saturated rings. The number of nitrogens with zero attached hydrogens (tertiary/aromatic N) is 2. The van der Waals surface area contributed by atoms with Crippen molar-refractivity contribution in [2.75, 3.05) is 5.32 Å². The fourth-order valence-corrected chi connectivity index (χ4v) is 4.07. The van der Waals surface area contributed by atoms with Crippen LogP contribution in [0, 0.1) is 12.7 Å². The van der Waals surface area contributed by atoms with E-state index in [1.807, 2.05) is 0 Å². The molecular weight excluding hydrogens is 436 g/mol. The number of carbonyl (C=O) groups excluding carboxylic acids is 1. The Morgan fingerprint density at radius 3 is 2.52 bits per heavy atom. The molecule has 1 N–H and O–H groups in total. The standard InChI is InChI=1S/C20H12Cl2FN3O2S/c1-10-16(18(26-28-10)17-13(21)3-2-4-14(17)22)19(27)25-20-24-15(9-29-20)11-5-7-12(23)8-6-11/h2-9H,1H3,(H,24,25,27). The highest BCUT2D eigenvalue weighted by Crippen LogP contribution is 2.37. The third-order valence-electron chi connectivity index (χ3n) is 4.15. The molecule has 0 radical (unpaired) electrons. The minimum Gasteiger partial charge on any atom is -0.360 e. The summed E-state index contributed by atoms with van der Waals surface area (Å²) >= 11 is 13.8. The summed E-state index contributed by atoms with van der Waals surface area (Å²) in [6.45, 7) is 1.63. The number of rotatable bonds is 4. The van der Waals surface area contributed by atoms with E-state index < -0.39 is 5.91 Å². The lowest BCUT2D eigenvalue weighted by Crippen LogP contribution is -2.13. The molecule has 4 aromatic rings. The fourth-order valence-electron chi connectivity index (χ4n) is 2.78. The van der Waals surface area contributed by atoms with Gasteiger partial charge in [0.05, 0.1) is 15.7 Å². The molecule has 0 unspecified atom stereocenters. The summed E-state index contributed by atoms with van der Waals surface area (Å²) in [5.41, 5.74) is 2.27. The van der Waals surface area contributed by atoms with Gasteiger partial charge in [-0.15, -0.1) is 11.3 Å². The van der Waals surface area contributed by atoms with Crippen LogP contribution in [0.1, 0.15) is 16.1 Å². The first kappa shape index (κ1) is 19.6. The summed E-state index contributed by atoms with van der Waals surface area (Å²) in [7, 11) is 0. The molecule has 4 rings (SSSR count). The van der Waals surface area contributed by atoms with E-state index in [4.69, 9.17) is 27.7 Å². The zero-order chi connectivity index (χ0) is 20.5. The summed E-state index contributed by atoms with van der Waals surface area (Å²) in [6.07, 6.45) is 0. The Kier molecular flexibility index (Phi) is 5.36. The second-order valence-corrected chi connectivity index (χ2v) is 7.73. The molecule has 0 atom stereocenters. The van der Waals surface area contributed by atoms with E-state index in [0.717, 1.165) is 5.56 Å². The molecule has 1 amide bonds. The minimum absolute atomic E-state index is 0.221. The quantitative estimate of drug-likeness (QED) is 0.389. The summed E-state index contributed by atoms with van der Waals surface area (Å²) in [4.78, 5) is 17.3. The monoisotopic (exact) mass is 447 g/mol. The lowest BCUT2D eigenvalue weighted by atomic mass is 10.1. The van der Waals surface area contributed by atoms with Gasteiger partial charge in [-0.25, -0.2) is 9.37 Å². The van der Waals surface area contributed by atoms with Gasteiger partial charge < -0.3 is 4.52 Å². The molecule has 5 nitrogen and oxygen atoms in total. The lowest BCUT2D eigenvalue weighted by molar-refractivity contribution is 0.102. The SMILES string of the molecule is Cc1onc(-c2c(Cl)cccc2Cl)c1C(=O)Nc1nc(-c2ccc(F)cc2)cs1. The maximum absolute atomic E-state index is 13.1. The first-order valence-corrected chi connectivity index (χ1v) is 10.0. The van der Waals surface area contributed by atoms with Crippen LogP contribution in [-0.4, -0.2) is 16.0 Å². The highest BCUT2D eigenvalue weighted by molar-refractivity contribution is 7.14. The Labute approximate surface area is 179 Å². The van der Waals surface area contributed by atoms with E-state index >= 15 is 0 Å². The molecule has 2 heterocycles. The number of anilines is 1. The average molecular weight is 448 g/mol. The molecule has 0 aliphatic heterocycles. The Morgan fingerprint density at radius 2 is 1.83 bits per heavy atom. The molecule has 2 aromatic carbocycles. The maximum Gasteiger partial charge on any atom is 0.263 e.